The van der Waals surface area contributed by atoms with Crippen LogP contribution in [0, 0.1) is 0 Å². The summed E-state index contributed by atoms with van der Waals surface area (Å²) in [4.78, 5) is 3.99. The van der Waals surface area contributed by atoms with Crippen molar-refractivity contribution in [2.75, 3.05) is 20.1 Å². The van der Waals surface area contributed by atoms with Gasteiger partial charge in [0.2, 0.25) is 0 Å². The monoisotopic (exact) mass is 280 g/mol. The molecule has 7 heteroatoms. The first-order chi connectivity index (χ1) is 8.29. The highest BCUT2D eigenvalue weighted by Gasteiger charge is 2.41. The number of hydrogen-bond acceptors (Lipinski definition) is 1. The van der Waals surface area contributed by atoms with Crippen molar-refractivity contribution in [1.82, 2.24) is 4.90 Å². The number of benzene rings is 1. The normalized spacial score (nSPS) is 24.6. The van der Waals surface area contributed by atoms with Crippen molar-refractivity contribution in [1.29, 1.82) is 0 Å². The molecular weight excluding hydrogens is 263 g/mol. The average molecular weight is 280 g/mol. The third-order valence-electron chi connectivity index (χ3n) is 3.04. The highest BCUT2D eigenvalue weighted by Crippen LogP contribution is 2.06. The maximum atomic E-state index is 9.85. The predicted molar refractivity (Wildman–Crippen MR) is 64.2 cm³/mol. The van der Waals surface area contributed by atoms with E-state index in [2.05, 4.69) is 49.2 Å². The fourth-order valence-corrected chi connectivity index (χ4v) is 2.00. The molecule has 0 spiro atoms. The zero-order valence-electron chi connectivity index (χ0n) is 10.4. The van der Waals surface area contributed by atoms with E-state index in [0.717, 1.165) is 0 Å². The Morgan fingerprint density at radius 3 is 2.06 bits per heavy atom. The average Bonchev–Trinajstić information content (AvgIpc) is 2.59. The second kappa shape index (κ2) is 6.53. The molecule has 0 amide bonds. The lowest BCUT2D eigenvalue weighted by atomic mass is 10.3. The van der Waals surface area contributed by atoms with Crippen molar-refractivity contribution >= 4 is 20.6 Å². The van der Waals surface area contributed by atoms with Crippen LogP contribution >= 0.6 is 0 Å². The van der Waals surface area contributed by atoms with Crippen LogP contribution in [-0.2, 0) is 0 Å². The topological polar surface area (TPSA) is 7.68 Å². The van der Waals surface area contributed by atoms with Crippen molar-refractivity contribution in [3.63, 3.8) is 0 Å². The van der Waals surface area contributed by atoms with Gasteiger partial charge in [-0.15, -0.1) is 0 Å². The lowest BCUT2D eigenvalue weighted by Gasteiger charge is -2.20. The molecule has 1 aliphatic heterocycles. The molecule has 1 heterocycles. The van der Waals surface area contributed by atoms with Gasteiger partial charge in [-0.1, -0.05) is 18.2 Å². The summed E-state index contributed by atoms with van der Waals surface area (Å²) >= 11 is -6.83. The van der Waals surface area contributed by atoms with Gasteiger partial charge in [0, 0.05) is 6.92 Å². The first-order valence-electron chi connectivity index (χ1n) is 5.77. The molecule has 0 aliphatic carbocycles. The quantitative estimate of drug-likeness (QED) is 0.609. The molecule has 0 aromatic heterocycles. The molecule has 1 aliphatic rings. The van der Waals surface area contributed by atoms with Crippen LogP contribution in [0.3, 0.4) is 0 Å². The SMILES string of the molecule is CC1N(C)CC[NH+]1c1ccccc1.[F][Al-]([F])([F])[F]. The van der Waals surface area contributed by atoms with Crippen LogP contribution < -0.4 is 4.90 Å². The Balaban J connectivity index is 0.000000280. The van der Waals surface area contributed by atoms with E-state index in [4.69, 9.17) is 0 Å². The molecule has 2 unspecified atom stereocenters. The zero-order valence-corrected chi connectivity index (χ0v) is 11.6. The van der Waals surface area contributed by atoms with Crippen LogP contribution in [0.25, 0.3) is 0 Å². The molecule has 1 N–H and O–H groups in total. The Hall–Kier alpha value is -0.608. The molecule has 1 aromatic rings. The van der Waals surface area contributed by atoms with Gasteiger partial charge in [0.05, 0.1) is 13.1 Å². The summed E-state index contributed by atoms with van der Waals surface area (Å²) in [7, 11) is 2.20. The van der Waals surface area contributed by atoms with E-state index in [1.54, 1.807) is 4.90 Å². The number of hydrogen-bond donors (Lipinski definition) is 1. The summed E-state index contributed by atoms with van der Waals surface area (Å²) < 4.78 is 39.4. The van der Waals surface area contributed by atoms with E-state index in [9.17, 15) is 14.1 Å². The highest BCUT2D eigenvalue weighted by molar-refractivity contribution is 6.50. The van der Waals surface area contributed by atoms with Crippen LogP contribution in [0.4, 0.5) is 19.8 Å². The number of rotatable bonds is 1. The Morgan fingerprint density at radius 1 is 1.17 bits per heavy atom. The maximum Gasteiger partial charge on any atom is 1.04 e. The van der Waals surface area contributed by atoms with Gasteiger partial charge in [-0.3, -0.25) is 9.80 Å². The molecular formula is C11H17AlF4N2. The van der Waals surface area contributed by atoms with E-state index >= 15 is 0 Å². The number of quaternary nitrogens is 1. The van der Waals surface area contributed by atoms with Gasteiger partial charge in [-0.25, -0.2) is 0 Å². The Morgan fingerprint density at radius 2 is 1.67 bits per heavy atom. The third-order valence-corrected chi connectivity index (χ3v) is 3.04. The molecule has 2 nitrogen and oxygen atoms in total. The summed E-state index contributed by atoms with van der Waals surface area (Å²) in [6, 6.07) is 10.7. The number of para-hydroxylation sites is 1. The maximum absolute atomic E-state index is 9.85. The van der Waals surface area contributed by atoms with E-state index in [1.165, 1.54) is 18.8 Å². The first-order valence-corrected chi connectivity index (χ1v) is 7.52. The lowest BCUT2D eigenvalue weighted by molar-refractivity contribution is -0.850. The van der Waals surface area contributed by atoms with Gasteiger partial charge in [0.1, 0.15) is 11.9 Å². The largest absolute Gasteiger partial charge is 1.04 e. The second-order valence-corrected chi connectivity index (χ2v) is 5.28. The minimum Gasteiger partial charge on any atom is -0.510 e. The van der Waals surface area contributed by atoms with E-state index < -0.39 is 14.9 Å². The van der Waals surface area contributed by atoms with Gasteiger partial charge in [-0.05, 0) is 19.2 Å². The van der Waals surface area contributed by atoms with Gasteiger partial charge >= 0.3 is 14.9 Å². The zero-order chi connectivity index (χ0) is 13.8. The van der Waals surface area contributed by atoms with Gasteiger partial charge in [0.25, 0.3) is 0 Å². The standard InChI is InChI=1S/C11H16N2.Al.4FH/c1-10-12(2)8-9-13(10)11-6-4-3-5-7-11;;;;;/h3-7,10H,8-9H2,1-2H3;;4*1H/q;+3;;;;/p-3. The van der Waals surface area contributed by atoms with E-state index in [1.807, 2.05) is 0 Å². The molecule has 0 bridgehead atoms. The Labute approximate surface area is 108 Å². The lowest BCUT2D eigenvalue weighted by Crippen LogP contribution is -3.09. The smallest absolute Gasteiger partial charge is 0.510 e. The fourth-order valence-electron chi connectivity index (χ4n) is 2.00. The molecule has 2 rings (SSSR count). The van der Waals surface area contributed by atoms with Crippen LogP contribution in [0.15, 0.2) is 30.3 Å². The van der Waals surface area contributed by atoms with Crippen molar-refractivity contribution < 1.29 is 19.0 Å². The molecule has 0 radical (unpaired) electrons. The van der Waals surface area contributed by atoms with Crippen LogP contribution in [-0.4, -0.2) is 46.1 Å². The van der Waals surface area contributed by atoms with E-state index in [0.29, 0.717) is 6.17 Å². The molecule has 18 heavy (non-hydrogen) atoms. The van der Waals surface area contributed by atoms with Crippen molar-refractivity contribution in [2.24, 2.45) is 0 Å². The highest BCUT2D eigenvalue weighted by atomic mass is 27.5. The van der Waals surface area contributed by atoms with Crippen molar-refractivity contribution in [3.8, 4) is 0 Å². The molecule has 2 atom stereocenters. The van der Waals surface area contributed by atoms with Gasteiger partial charge < -0.3 is 14.1 Å². The van der Waals surface area contributed by atoms with Crippen LogP contribution in [0.1, 0.15) is 6.92 Å². The van der Waals surface area contributed by atoms with Crippen LogP contribution in [0.2, 0.25) is 0 Å². The molecule has 1 fully saturated rings. The fraction of sp³-hybridized carbons (Fsp3) is 0.455. The summed E-state index contributed by atoms with van der Waals surface area (Å²) in [6.45, 7) is 4.71. The molecule has 1 aromatic carbocycles. The summed E-state index contributed by atoms with van der Waals surface area (Å²) in [6.07, 6.45) is 0.613. The summed E-state index contributed by atoms with van der Waals surface area (Å²) in [5, 5.41) is 0. The van der Waals surface area contributed by atoms with Gasteiger partial charge in [-0.2, -0.15) is 0 Å². The van der Waals surface area contributed by atoms with E-state index in [-0.39, 0.29) is 0 Å². The number of nitrogens with one attached hydrogen (secondary N) is 1. The number of likely N-dealkylation sites (N-methyl/N-ethyl adjacent to an activating group) is 1. The summed E-state index contributed by atoms with van der Waals surface area (Å²) in [5.41, 5.74) is 1.42. The first kappa shape index (κ1) is 15.4. The van der Waals surface area contributed by atoms with Crippen molar-refractivity contribution in [2.45, 2.75) is 13.1 Å². The Bertz CT molecular complexity index is 352. The molecule has 102 valence electrons. The number of nitrogens with zero attached hydrogens (tertiary/aromatic N) is 1. The summed E-state index contributed by atoms with van der Waals surface area (Å²) in [5.74, 6) is 0. The van der Waals surface area contributed by atoms with Gasteiger partial charge in [0.15, 0.2) is 0 Å². The second-order valence-electron chi connectivity index (χ2n) is 4.29. The Kier molecular flexibility index (Phi) is 5.60. The third kappa shape index (κ3) is 5.36. The molecule has 1 saturated heterocycles. The number of halogens is 4. The molecule has 0 saturated carbocycles. The predicted octanol–water partition coefficient (Wildman–Crippen LogP) is 1.79. The van der Waals surface area contributed by atoms with Crippen LogP contribution in [0.5, 0.6) is 0 Å². The minimum atomic E-state index is -6.83. The van der Waals surface area contributed by atoms with Crippen molar-refractivity contribution in [3.05, 3.63) is 30.3 Å². The minimum absolute atomic E-state index is 0.613.